The van der Waals surface area contributed by atoms with Gasteiger partial charge in [-0.1, -0.05) is 23.2 Å². The van der Waals surface area contributed by atoms with Crippen LogP contribution in [0.15, 0.2) is 48.7 Å². The summed E-state index contributed by atoms with van der Waals surface area (Å²) in [6, 6.07) is 8.27. The number of aromatic nitrogens is 3. The molecule has 0 radical (unpaired) electrons. The molecule has 0 fully saturated rings. The van der Waals surface area contributed by atoms with Gasteiger partial charge in [-0.2, -0.15) is 4.98 Å². The number of nitrogen functional groups attached to an aromatic ring is 1. The first-order valence-corrected chi connectivity index (χ1v) is 10.6. The number of hydrogen-bond acceptors (Lipinski definition) is 5. The molecular weight excluding hydrogens is 513 g/mol. The number of nitrogens with one attached hydrogen (secondary N) is 1. The van der Waals surface area contributed by atoms with Crippen molar-refractivity contribution < 1.29 is 27.5 Å². The first-order valence-electron chi connectivity index (χ1n) is 9.87. The number of carbonyl (C=O) groups is 1. The predicted molar refractivity (Wildman–Crippen MR) is 121 cm³/mol. The molecule has 2 aromatic carbocycles. The van der Waals surface area contributed by atoms with Crippen LogP contribution in [0, 0.1) is 11.6 Å². The second kappa shape index (κ2) is 9.33. The van der Waals surface area contributed by atoms with Gasteiger partial charge < -0.3 is 16.2 Å². The van der Waals surface area contributed by atoms with Crippen LogP contribution < -0.4 is 11.1 Å². The average Bonchev–Trinajstić information content (AvgIpc) is 3.18. The topological polar surface area (TPSA) is 106 Å². The number of benzene rings is 2. The van der Waals surface area contributed by atoms with E-state index in [-0.39, 0.29) is 21.6 Å². The van der Waals surface area contributed by atoms with Gasteiger partial charge in [0.15, 0.2) is 5.65 Å². The number of hydrogen-bond donors (Lipinski definition) is 3. The number of nitrogens with zero attached hydrogens (tertiary/aromatic N) is 3. The predicted octanol–water partition coefficient (Wildman–Crippen LogP) is 4.66. The minimum Gasteiger partial charge on any atom is -0.382 e. The number of aliphatic hydroxyl groups is 1. The number of pyridine rings is 1. The standard InChI is InChI=1S/C22H15Cl2F4N5O2/c23-11-1-4-15(25)13(8-11)19(34)22(27,28)9-30-20(35)17-14(24)3-2-12(18(17)26)10-5-6-33-16(7-10)31-21(29)32-33/h1-8,19,34H,9H2,(H2,29,32)(H,30,35)/t19-/m1/s1. The van der Waals surface area contributed by atoms with E-state index in [0.717, 1.165) is 18.2 Å². The quantitative estimate of drug-likeness (QED) is 0.316. The lowest BCUT2D eigenvalue weighted by Crippen LogP contribution is -2.41. The van der Waals surface area contributed by atoms with Crippen LogP contribution in [0.5, 0.6) is 0 Å². The van der Waals surface area contributed by atoms with E-state index in [1.807, 2.05) is 5.32 Å². The second-order valence-corrected chi connectivity index (χ2v) is 8.33. The van der Waals surface area contributed by atoms with Crippen LogP contribution in [-0.4, -0.2) is 38.1 Å². The number of anilines is 1. The Kier molecular flexibility index (Phi) is 6.58. The van der Waals surface area contributed by atoms with Crippen LogP contribution in [-0.2, 0) is 0 Å². The highest BCUT2D eigenvalue weighted by Gasteiger charge is 2.41. The molecule has 7 nitrogen and oxygen atoms in total. The van der Waals surface area contributed by atoms with E-state index >= 15 is 4.39 Å². The number of amides is 1. The molecular formula is C22H15Cl2F4N5O2. The smallest absolute Gasteiger partial charge is 0.294 e. The van der Waals surface area contributed by atoms with Crippen molar-refractivity contribution in [2.24, 2.45) is 0 Å². The van der Waals surface area contributed by atoms with Gasteiger partial charge in [0.2, 0.25) is 5.95 Å². The lowest BCUT2D eigenvalue weighted by molar-refractivity contribution is -0.107. The molecule has 1 amide bonds. The lowest BCUT2D eigenvalue weighted by atomic mass is 10.0. The van der Waals surface area contributed by atoms with Crippen LogP contribution in [0.4, 0.5) is 23.5 Å². The van der Waals surface area contributed by atoms with E-state index in [1.165, 1.54) is 35.0 Å². The van der Waals surface area contributed by atoms with E-state index < -0.39 is 47.2 Å². The molecule has 0 aliphatic carbocycles. The normalized spacial score (nSPS) is 12.7. The Morgan fingerprint density at radius 1 is 1.17 bits per heavy atom. The zero-order valence-electron chi connectivity index (χ0n) is 17.4. The fourth-order valence-electron chi connectivity index (χ4n) is 3.38. The number of nitrogens with two attached hydrogens (primary N) is 1. The zero-order valence-corrected chi connectivity index (χ0v) is 19.0. The molecule has 0 saturated heterocycles. The maximum Gasteiger partial charge on any atom is 0.294 e. The Labute approximate surface area is 205 Å². The number of aliphatic hydroxyl groups excluding tert-OH is 1. The molecule has 35 heavy (non-hydrogen) atoms. The van der Waals surface area contributed by atoms with E-state index in [2.05, 4.69) is 10.1 Å². The third-order valence-electron chi connectivity index (χ3n) is 5.12. The Bertz CT molecular complexity index is 1450. The van der Waals surface area contributed by atoms with Crippen LogP contribution in [0.25, 0.3) is 16.8 Å². The maximum atomic E-state index is 15.3. The molecule has 0 aliphatic heterocycles. The van der Waals surface area contributed by atoms with Crippen LogP contribution in [0.2, 0.25) is 10.0 Å². The molecule has 182 valence electrons. The Morgan fingerprint density at radius 2 is 1.91 bits per heavy atom. The number of fused-ring (bicyclic) bond motifs is 1. The van der Waals surface area contributed by atoms with Gasteiger partial charge in [-0.3, -0.25) is 4.79 Å². The van der Waals surface area contributed by atoms with Crippen LogP contribution >= 0.6 is 23.2 Å². The van der Waals surface area contributed by atoms with Crippen LogP contribution in [0.3, 0.4) is 0 Å². The van der Waals surface area contributed by atoms with E-state index in [0.29, 0.717) is 11.2 Å². The van der Waals surface area contributed by atoms with Gasteiger partial charge in [0.05, 0.1) is 17.1 Å². The molecule has 4 aromatic rings. The van der Waals surface area contributed by atoms with E-state index in [1.54, 1.807) is 0 Å². The van der Waals surface area contributed by atoms with Crippen molar-refractivity contribution in [1.82, 2.24) is 19.9 Å². The summed E-state index contributed by atoms with van der Waals surface area (Å²) in [7, 11) is 0. The van der Waals surface area contributed by atoms with Gasteiger partial charge in [-0.05, 0) is 48.0 Å². The Morgan fingerprint density at radius 3 is 2.66 bits per heavy atom. The summed E-state index contributed by atoms with van der Waals surface area (Å²) in [5, 5.41) is 15.4. The van der Waals surface area contributed by atoms with Crippen molar-refractivity contribution in [3.8, 4) is 11.1 Å². The maximum absolute atomic E-state index is 15.3. The highest BCUT2D eigenvalue weighted by atomic mass is 35.5. The number of carbonyl (C=O) groups excluding carboxylic acids is 1. The summed E-state index contributed by atoms with van der Waals surface area (Å²) in [5.41, 5.74) is 4.64. The van der Waals surface area contributed by atoms with Gasteiger partial charge in [0.25, 0.3) is 11.8 Å². The van der Waals surface area contributed by atoms with E-state index in [9.17, 15) is 23.1 Å². The first-order chi connectivity index (χ1) is 16.5. The number of rotatable bonds is 6. The molecule has 0 bridgehead atoms. The summed E-state index contributed by atoms with van der Waals surface area (Å²) in [6.07, 6.45) is -1.16. The van der Waals surface area contributed by atoms with Gasteiger partial charge in [0.1, 0.15) is 17.7 Å². The van der Waals surface area contributed by atoms with E-state index in [4.69, 9.17) is 28.9 Å². The molecule has 0 spiro atoms. The SMILES string of the molecule is Nc1nc2cc(-c3ccc(Cl)c(C(=O)NCC(F)(F)[C@H](O)c4cc(Cl)ccc4F)c3F)ccn2n1. The number of halogens is 6. The summed E-state index contributed by atoms with van der Waals surface area (Å²) in [6.45, 7) is -1.44. The molecule has 1 atom stereocenters. The minimum absolute atomic E-state index is 0.000402. The van der Waals surface area contributed by atoms with Crippen LogP contribution in [0.1, 0.15) is 22.0 Å². The summed E-state index contributed by atoms with van der Waals surface area (Å²) < 4.78 is 59.7. The summed E-state index contributed by atoms with van der Waals surface area (Å²) in [5.74, 6) is -7.47. The van der Waals surface area contributed by atoms with Crippen molar-refractivity contribution in [3.63, 3.8) is 0 Å². The average molecular weight is 528 g/mol. The first kappa shape index (κ1) is 24.7. The molecule has 4 N–H and O–H groups in total. The fourth-order valence-corrected chi connectivity index (χ4v) is 3.80. The molecule has 2 heterocycles. The van der Waals surface area contributed by atoms with Crippen molar-refractivity contribution in [2.45, 2.75) is 12.0 Å². The van der Waals surface area contributed by atoms with Crippen molar-refractivity contribution in [3.05, 3.63) is 81.5 Å². The number of alkyl halides is 2. The van der Waals surface area contributed by atoms with Crippen molar-refractivity contribution in [1.29, 1.82) is 0 Å². The molecule has 0 unspecified atom stereocenters. The minimum atomic E-state index is -4.03. The molecule has 2 aromatic heterocycles. The van der Waals surface area contributed by atoms with Crippen molar-refractivity contribution >= 4 is 40.7 Å². The third kappa shape index (κ3) is 4.88. The van der Waals surface area contributed by atoms with Gasteiger partial charge >= 0.3 is 0 Å². The lowest BCUT2D eigenvalue weighted by Gasteiger charge is -2.24. The fraction of sp³-hybridized carbons (Fsp3) is 0.136. The zero-order chi connectivity index (χ0) is 25.5. The second-order valence-electron chi connectivity index (χ2n) is 7.48. The molecule has 13 heteroatoms. The third-order valence-corrected chi connectivity index (χ3v) is 5.67. The monoisotopic (exact) mass is 527 g/mol. The molecule has 4 rings (SSSR count). The largest absolute Gasteiger partial charge is 0.382 e. The molecule has 0 aliphatic rings. The summed E-state index contributed by atoms with van der Waals surface area (Å²) >= 11 is 11.7. The van der Waals surface area contributed by atoms with Gasteiger partial charge in [-0.15, -0.1) is 5.10 Å². The Balaban J connectivity index is 1.59. The highest BCUT2D eigenvalue weighted by molar-refractivity contribution is 6.34. The molecule has 0 saturated carbocycles. The Hall–Kier alpha value is -3.41. The highest BCUT2D eigenvalue weighted by Crippen LogP contribution is 2.34. The summed E-state index contributed by atoms with van der Waals surface area (Å²) in [4.78, 5) is 16.6. The van der Waals surface area contributed by atoms with Gasteiger partial charge in [0, 0.05) is 22.3 Å². The van der Waals surface area contributed by atoms with Gasteiger partial charge in [-0.25, -0.2) is 22.1 Å². The van der Waals surface area contributed by atoms with Crippen molar-refractivity contribution in [2.75, 3.05) is 12.3 Å².